The molecule has 4 rings (SSSR count). The third-order valence-electron chi connectivity index (χ3n) is 9.14. The van der Waals surface area contributed by atoms with E-state index in [0.29, 0.717) is 0 Å². The van der Waals surface area contributed by atoms with Crippen LogP contribution >= 0.6 is 0 Å². The Balaban J connectivity index is 1.46. The van der Waals surface area contributed by atoms with E-state index in [1.165, 1.54) is 0 Å². The van der Waals surface area contributed by atoms with Crippen molar-refractivity contribution in [1.29, 1.82) is 0 Å². The van der Waals surface area contributed by atoms with Gasteiger partial charge in [0.15, 0.2) is 18.9 Å². The van der Waals surface area contributed by atoms with E-state index >= 15 is 0 Å². The molecule has 1 aliphatic carbocycles. The van der Waals surface area contributed by atoms with Crippen molar-refractivity contribution in [3.05, 3.63) is 0 Å². The van der Waals surface area contributed by atoms with Gasteiger partial charge in [0.2, 0.25) is 5.91 Å². The molecule has 3 heterocycles. The Kier molecular flexibility index (Phi) is 13.9. The zero-order valence-corrected chi connectivity index (χ0v) is 26.2. The summed E-state index contributed by atoms with van der Waals surface area (Å²) in [5, 5.41) is 76.7. The lowest BCUT2D eigenvalue weighted by molar-refractivity contribution is -0.306. The lowest BCUT2D eigenvalue weighted by Gasteiger charge is -2.47. The second-order valence-electron chi connectivity index (χ2n) is 12.5. The van der Waals surface area contributed by atoms with Crippen LogP contribution in [-0.2, 0) is 33.2 Å². The monoisotopic (exact) mass is 694 g/mol. The van der Waals surface area contributed by atoms with Crippen LogP contribution in [0.15, 0.2) is 0 Å². The molecule has 0 aromatic rings. The summed E-state index contributed by atoms with van der Waals surface area (Å²) in [6, 6.07) is -4.37. The zero-order chi connectivity index (χ0) is 35.4. The van der Waals surface area contributed by atoms with Gasteiger partial charge in [0, 0.05) is 38.0 Å². The van der Waals surface area contributed by atoms with Gasteiger partial charge in [-0.25, -0.2) is 0 Å². The van der Waals surface area contributed by atoms with E-state index in [2.05, 4.69) is 11.2 Å². The number of carbonyl (C=O) groups excluding carboxylic acids is 1. The van der Waals surface area contributed by atoms with Crippen LogP contribution < -0.4 is 34.0 Å². The van der Waals surface area contributed by atoms with Gasteiger partial charge in [-0.15, -0.1) is 12.3 Å². The van der Waals surface area contributed by atoms with Crippen molar-refractivity contribution in [3.63, 3.8) is 0 Å². The molecule has 0 radical (unpaired) electrons. The van der Waals surface area contributed by atoms with Crippen LogP contribution in [0.1, 0.15) is 19.3 Å². The number of amides is 1. The first-order valence-corrected chi connectivity index (χ1v) is 15.8. The standard InChI is InChI=1S/C28H50N6O14/c1-2-3-4-14(36)34-7-12-19(39)21(41)16(33)27(44-12)47-24-13(8-35)45-28(22(24)42)48-25-17(37)9(30)5-10(31)23(25)46-26-15(32)20(40)18(38)11(6-29)43-26/h1,9-13,15-28,35,37-42H,3-8,29-33H2,(H,34,36)/t9-,10+,11-,12+,13-,15-,16-,17+,18-,19-,20-,21-,22-,23-,24-,25-,26-,27-,28+/m1/s1. The molecule has 48 heavy (non-hydrogen) atoms. The highest BCUT2D eigenvalue weighted by molar-refractivity contribution is 5.76. The van der Waals surface area contributed by atoms with E-state index in [1.807, 2.05) is 0 Å². The Hall–Kier alpha value is -1.69. The first kappa shape index (κ1) is 39.1. The molecule has 18 N–H and O–H groups in total. The summed E-state index contributed by atoms with van der Waals surface area (Å²) < 4.78 is 35.0. The molecule has 0 bridgehead atoms. The molecule has 19 atom stereocenters. The van der Waals surface area contributed by atoms with E-state index < -0.39 is 129 Å². The van der Waals surface area contributed by atoms with Crippen LogP contribution in [0.2, 0.25) is 0 Å². The number of hydrogen-bond acceptors (Lipinski definition) is 19. The molecule has 1 saturated carbocycles. The maximum absolute atomic E-state index is 12.0. The molecular formula is C28H50N6O14. The molecule has 4 aliphatic rings. The van der Waals surface area contributed by atoms with E-state index in [9.17, 15) is 40.5 Å². The second-order valence-corrected chi connectivity index (χ2v) is 12.5. The number of carbonyl (C=O) groups is 1. The summed E-state index contributed by atoms with van der Waals surface area (Å²) >= 11 is 0. The molecule has 3 saturated heterocycles. The molecule has 4 fully saturated rings. The fourth-order valence-corrected chi connectivity index (χ4v) is 6.21. The third-order valence-corrected chi connectivity index (χ3v) is 9.14. The minimum absolute atomic E-state index is 0.0314. The van der Waals surface area contributed by atoms with Crippen molar-refractivity contribution in [2.45, 2.75) is 136 Å². The number of hydrogen-bond donors (Lipinski definition) is 13. The van der Waals surface area contributed by atoms with Crippen LogP contribution in [0.4, 0.5) is 0 Å². The van der Waals surface area contributed by atoms with Gasteiger partial charge in [-0.05, 0) is 6.42 Å². The average molecular weight is 695 g/mol. The third kappa shape index (κ3) is 8.43. The van der Waals surface area contributed by atoms with Gasteiger partial charge in [-0.3, -0.25) is 4.79 Å². The highest BCUT2D eigenvalue weighted by Gasteiger charge is 2.54. The van der Waals surface area contributed by atoms with E-state index in [0.717, 1.165) is 0 Å². The van der Waals surface area contributed by atoms with Crippen LogP contribution in [0.5, 0.6) is 0 Å². The maximum atomic E-state index is 12.0. The van der Waals surface area contributed by atoms with Gasteiger partial charge < -0.3 is 98.2 Å². The highest BCUT2D eigenvalue weighted by atomic mass is 16.8. The van der Waals surface area contributed by atoms with E-state index in [1.54, 1.807) is 0 Å². The highest BCUT2D eigenvalue weighted by Crippen LogP contribution is 2.34. The molecule has 0 aromatic carbocycles. The van der Waals surface area contributed by atoms with E-state index in [-0.39, 0.29) is 32.4 Å². The van der Waals surface area contributed by atoms with E-state index in [4.69, 9.17) is 63.5 Å². The van der Waals surface area contributed by atoms with Crippen LogP contribution in [0.3, 0.4) is 0 Å². The molecule has 276 valence electrons. The minimum atomic E-state index is -1.67. The Labute approximate surface area is 276 Å². The Bertz CT molecular complexity index is 1090. The Morgan fingerprint density at radius 3 is 1.85 bits per heavy atom. The Morgan fingerprint density at radius 2 is 1.27 bits per heavy atom. The lowest BCUT2D eigenvalue weighted by atomic mass is 9.84. The predicted octanol–water partition coefficient (Wildman–Crippen LogP) is -8.32. The Morgan fingerprint density at radius 1 is 0.729 bits per heavy atom. The first-order chi connectivity index (χ1) is 22.7. The zero-order valence-electron chi connectivity index (χ0n) is 26.2. The van der Waals surface area contributed by atoms with Crippen molar-refractivity contribution in [3.8, 4) is 12.3 Å². The molecule has 0 unspecified atom stereocenters. The number of ether oxygens (including phenoxy) is 6. The predicted molar refractivity (Wildman–Crippen MR) is 160 cm³/mol. The number of aliphatic hydroxyl groups excluding tert-OH is 7. The number of terminal acetylenes is 1. The fraction of sp³-hybridized carbons (Fsp3) is 0.893. The van der Waals surface area contributed by atoms with Gasteiger partial charge in [-0.1, -0.05) is 0 Å². The van der Waals surface area contributed by atoms with Crippen molar-refractivity contribution in [1.82, 2.24) is 5.32 Å². The van der Waals surface area contributed by atoms with Gasteiger partial charge >= 0.3 is 0 Å². The van der Waals surface area contributed by atoms with Crippen molar-refractivity contribution < 1.29 is 69.0 Å². The quantitative estimate of drug-likeness (QED) is 0.0843. The van der Waals surface area contributed by atoms with Gasteiger partial charge in [-0.2, -0.15) is 0 Å². The largest absolute Gasteiger partial charge is 0.394 e. The summed E-state index contributed by atoms with van der Waals surface area (Å²) in [7, 11) is 0. The lowest BCUT2D eigenvalue weighted by Crippen LogP contribution is -2.68. The first-order valence-electron chi connectivity index (χ1n) is 15.8. The number of aliphatic hydroxyl groups is 7. The van der Waals surface area contributed by atoms with Crippen LogP contribution in [-0.4, -0.2) is 178 Å². The summed E-state index contributed by atoms with van der Waals surface area (Å²) in [6.45, 7) is -1.10. The number of rotatable bonds is 12. The molecule has 20 heteroatoms. The molecule has 20 nitrogen and oxygen atoms in total. The fourth-order valence-electron chi connectivity index (χ4n) is 6.21. The summed E-state index contributed by atoms with van der Waals surface area (Å²) in [5.74, 6) is 1.92. The average Bonchev–Trinajstić information content (AvgIpc) is 3.36. The van der Waals surface area contributed by atoms with Crippen molar-refractivity contribution in [2.24, 2.45) is 28.7 Å². The molecular weight excluding hydrogens is 644 g/mol. The molecule has 1 amide bonds. The normalized spacial score (nSPS) is 48.2. The SMILES string of the molecule is C#CCCC(=O)NC[C@@H]1O[C@H](O[C@H]2[C@@H](O)[C@H](O[C@@H]3[C@@H](O)[C@H](N)C[C@H](N)[C@H]3O[C@H]3O[C@H](CN)[C@@H](O)[C@H](O)[C@H]3N)O[C@@H]2CO)[C@H](N)[C@@H](O)[C@@H]1O. The second kappa shape index (κ2) is 17.0. The molecule has 3 aliphatic heterocycles. The van der Waals surface area contributed by atoms with Gasteiger partial charge in [0.1, 0.15) is 67.1 Å². The number of nitrogens with one attached hydrogen (secondary N) is 1. The smallest absolute Gasteiger partial charge is 0.221 e. The minimum Gasteiger partial charge on any atom is -0.394 e. The summed E-state index contributed by atoms with van der Waals surface area (Å²) in [6.07, 6.45) is -15.4. The van der Waals surface area contributed by atoms with Gasteiger partial charge in [0.05, 0.1) is 24.8 Å². The van der Waals surface area contributed by atoms with Crippen molar-refractivity contribution >= 4 is 5.91 Å². The van der Waals surface area contributed by atoms with Crippen LogP contribution in [0.25, 0.3) is 0 Å². The van der Waals surface area contributed by atoms with Crippen LogP contribution in [0, 0.1) is 12.3 Å². The van der Waals surface area contributed by atoms with Crippen molar-refractivity contribution in [2.75, 3.05) is 19.7 Å². The maximum Gasteiger partial charge on any atom is 0.221 e. The van der Waals surface area contributed by atoms with Gasteiger partial charge in [0.25, 0.3) is 0 Å². The molecule has 0 spiro atoms. The topological polar surface area (TPSA) is 356 Å². The number of nitrogens with two attached hydrogens (primary N) is 5. The molecule has 0 aromatic heterocycles. The summed E-state index contributed by atoms with van der Waals surface area (Å²) in [5.41, 5.74) is 30.2. The summed E-state index contributed by atoms with van der Waals surface area (Å²) in [4.78, 5) is 12.0.